The van der Waals surface area contributed by atoms with Crippen LogP contribution in [0, 0.1) is 13.8 Å². The van der Waals surface area contributed by atoms with E-state index in [9.17, 15) is 0 Å². The zero-order valence-corrected chi connectivity index (χ0v) is 10.9. The predicted octanol–water partition coefficient (Wildman–Crippen LogP) is 2.42. The van der Waals surface area contributed by atoms with E-state index in [4.69, 9.17) is 0 Å². The number of nitrogens with one attached hydrogen (secondary N) is 1. The molecule has 3 heteroatoms. The van der Waals surface area contributed by atoms with Crippen LogP contribution in [0.1, 0.15) is 16.8 Å². The second-order valence-electron chi connectivity index (χ2n) is 4.49. The van der Waals surface area contributed by atoms with Crippen molar-refractivity contribution >= 4 is 0 Å². The highest BCUT2D eigenvalue weighted by atomic mass is 15.2. The SMILES string of the molecule is CNCc1ccc(C)cc1-c1cn(C)nc1C. The molecule has 0 aliphatic carbocycles. The van der Waals surface area contributed by atoms with Gasteiger partial charge in [0.25, 0.3) is 0 Å². The van der Waals surface area contributed by atoms with Gasteiger partial charge < -0.3 is 5.32 Å². The molecule has 1 aromatic heterocycles. The van der Waals surface area contributed by atoms with E-state index in [0.717, 1.165) is 12.2 Å². The quantitative estimate of drug-likeness (QED) is 0.876. The fourth-order valence-corrected chi connectivity index (χ4v) is 2.15. The molecule has 2 rings (SSSR count). The summed E-state index contributed by atoms with van der Waals surface area (Å²) < 4.78 is 1.87. The van der Waals surface area contributed by atoms with Crippen molar-refractivity contribution in [3.8, 4) is 11.1 Å². The largest absolute Gasteiger partial charge is 0.316 e. The van der Waals surface area contributed by atoms with E-state index in [1.165, 1.54) is 22.3 Å². The highest BCUT2D eigenvalue weighted by Crippen LogP contribution is 2.27. The van der Waals surface area contributed by atoms with Crippen LogP contribution in [0.3, 0.4) is 0 Å². The number of hydrogen-bond acceptors (Lipinski definition) is 2. The molecule has 17 heavy (non-hydrogen) atoms. The first-order chi connectivity index (χ1) is 8.11. The van der Waals surface area contributed by atoms with Gasteiger partial charge in [-0.3, -0.25) is 4.68 Å². The minimum absolute atomic E-state index is 0.879. The number of aromatic nitrogens is 2. The normalized spacial score (nSPS) is 10.8. The van der Waals surface area contributed by atoms with Gasteiger partial charge in [0.05, 0.1) is 5.69 Å². The summed E-state index contributed by atoms with van der Waals surface area (Å²) in [6, 6.07) is 6.58. The monoisotopic (exact) mass is 229 g/mol. The van der Waals surface area contributed by atoms with Crippen LogP contribution in [-0.4, -0.2) is 16.8 Å². The van der Waals surface area contributed by atoms with E-state index < -0.39 is 0 Å². The molecule has 0 atom stereocenters. The lowest BCUT2D eigenvalue weighted by Gasteiger charge is -2.09. The van der Waals surface area contributed by atoms with Crippen LogP contribution in [-0.2, 0) is 13.6 Å². The number of nitrogens with zero attached hydrogens (tertiary/aromatic N) is 2. The zero-order chi connectivity index (χ0) is 12.4. The second kappa shape index (κ2) is 4.72. The fourth-order valence-electron chi connectivity index (χ4n) is 2.15. The van der Waals surface area contributed by atoms with E-state index in [1.807, 2.05) is 18.8 Å². The van der Waals surface area contributed by atoms with Crippen LogP contribution < -0.4 is 5.32 Å². The molecule has 0 spiro atoms. The van der Waals surface area contributed by atoms with Crippen molar-refractivity contribution in [1.29, 1.82) is 0 Å². The molecule has 0 unspecified atom stereocenters. The lowest BCUT2D eigenvalue weighted by molar-refractivity contribution is 0.756. The maximum Gasteiger partial charge on any atom is 0.0672 e. The van der Waals surface area contributed by atoms with E-state index in [0.29, 0.717) is 0 Å². The molecule has 0 aliphatic rings. The Morgan fingerprint density at radius 3 is 2.59 bits per heavy atom. The van der Waals surface area contributed by atoms with E-state index in [-0.39, 0.29) is 0 Å². The molecule has 0 aliphatic heterocycles. The third-order valence-corrected chi connectivity index (χ3v) is 2.94. The number of hydrogen-bond donors (Lipinski definition) is 1. The minimum Gasteiger partial charge on any atom is -0.316 e. The Balaban J connectivity index is 2.56. The van der Waals surface area contributed by atoms with Crippen LogP contribution in [0.25, 0.3) is 11.1 Å². The lowest BCUT2D eigenvalue weighted by Crippen LogP contribution is -2.06. The van der Waals surface area contributed by atoms with E-state index in [1.54, 1.807) is 0 Å². The molecule has 0 saturated heterocycles. The van der Waals surface area contributed by atoms with Crippen LogP contribution >= 0.6 is 0 Å². The molecule has 0 radical (unpaired) electrons. The van der Waals surface area contributed by atoms with Crippen LogP contribution in [0.4, 0.5) is 0 Å². The summed E-state index contributed by atoms with van der Waals surface area (Å²) in [6.07, 6.45) is 2.09. The first-order valence-corrected chi connectivity index (χ1v) is 5.86. The van der Waals surface area contributed by atoms with Gasteiger partial charge in [-0.25, -0.2) is 0 Å². The highest BCUT2D eigenvalue weighted by molar-refractivity contribution is 5.69. The molecule has 2 aromatic rings. The number of benzene rings is 1. The molecule has 1 heterocycles. The average molecular weight is 229 g/mol. The number of rotatable bonds is 3. The molecule has 0 fully saturated rings. The van der Waals surface area contributed by atoms with E-state index in [2.05, 4.69) is 48.7 Å². The molecule has 1 N–H and O–H groups in total. The van der Waals surface area contributed by atoms with Crippen molar-refractivity contribution in [3.63, 3.8) is 0 Å². The number of aryl methyl sites for hydroxylation is 3. The lowest BCUT2D eigenvalue weighted by atomic mass is 9.98. The van der Waals surface area contributed by atoms with Crippen molar-refractivity contribution < 1.29 is 0 Å². The van der Waals surface area contributed by atoms with Crippen LogP contribution in [0.15, 0.2) is 24.4 Å². The van der Waals surface area contributed by atoms with Crippen molar-refractivity contribution in [1.82, 2.24) is 15.1 Å². The molecular weight excluding hydrogens is 210 g/mol. The zero-order valence-electron chi connectivity index (χ0n) is 10.9. The van der Waals surface area contributed by atoms with Gasteiger partial charge in [-0.2, -0.15) is 5.10 Å². The topological polar surface area (TPSA) is 29.9 Å². The average Bonchev–Trinajstić information content (AvgIpc) is 2.61. The molecule has 0 saturated carbocycles. The Morgan fingerprint density at radius 2 is 2.00 bits per heavy atom. The van der Waals surface area contributed by atoms with E-state index >= 15 is 0 Å². The van der Waals surface area contributed by atoms with Gasteiger partial charge in [0.15, 0.2) is 0 Å². The summed E-state index contributed by atoms with van der Waals surface area (Å²) in [5, 5.41) is 7.63. The molecule has 90 valence electrons. The molecule has 0 amide bonds. The molecule has 3 nitrogen and oxygen atoms in total. The summed E-state index contributed by atoms with van der Waals surface area (Å²) in [5.41, 5.74) is 6.18. The predicted molar refractivity (Wildman–Crippen MR) is 70.9 cm³/mol. The highest BCUT2D eigenvalue weighted by Gasteiger charge is 2.10. The van der Waals surface area contributed by atoms with Gasteiger partial charge >= 0.3 is 0 Å². The maximum atomic E-state index is 4.41. The fraction of sp³-hybridized carbons (Fsp3) is 0.357. The smallest absolute Gasteiger partial charge is 0.0672 e. The third kappa shape index (κ3) is 2.39. The van der Waals surface area contributed by atoms with Gasteiger partial charge in [0, 0.05) is 25.4 Å². The van der Waals surface area contributed by atoms with Gasteiger partial charge in [0.2, 0.25) is 0 Å². The van der Waals surface area contributed by atoms with Gasteiger partial charge in [-0.05, 0) is 32.0 Å². The first kappa shape index (κ1) is 11.9. The van der Waals surface area contributed by atoms with Crippen molar-refractivity contribution in [2.45, 2.75) is 20.4 Å². The summed E-state index contributed by atoms with van der Waals surface area (Å²) in [6.45, 7) is 5.06. The Labute approximate surface area is 102 Å². The second-order valence-corrected chi connectivity index (χ2v) is 4.49. The van der Waals surface area contributed by atoms with Gasteiger partial charge in [0.1, 0.15) is 0 Å². The minimum atomic E-state index is 0.879. The summed E-state index contributed by atoms with van der Waals surface area (Å²) in [5.74, 6) is 0. The molecule has 1 aromatic carbocycles. The standard InChI is InChI=1S/C14H19N3/c1-10-5-6-12(8-15-3)13(7-10)14-9-17(4)16-11(14)2/h5-7,9,15H,8H2,1-4H3. The summed E-state index contributed by atoms with van der Waals surface area (Å²) in [4.78, 5) is 0. The van der Waals surface area contributed by atoms with Gasteiger partial charge in [-0.15, -0.1) is 0 Å². The van der Waals surface area contributed by atoms with Crippen LogP contribution in [0.2, 0.25) is 0 Å². The van der Waals surface area contributed by atoms with Crippen molar-refractivity contribution in [2.75, 3.05) is 7.05 Å². The molecular formula is C14H19N3. The Hall–Kier alpha value is -1.61. The van der Waals surface area contributed by atoms with Gasteiger partial charge in [-0.1, -0.05) is 23.8 Å². The van der Waals surface area contributed by atoms with Crippen LogP contribution in [0.5, 0.6) is 0 Å². The Bertz CT molecular complexity index is 526. The van der Waals surface area contributed by atoms with Crippen molar-refractivity contribution in [2.24, 2.45) is 7.05 Å². The Morgan fingerprint density at radius 1 is 1.24 bits per heavy atom. The summed E-state index contributed by atoms with van der Waals surface area (Å²) >= 11 is 0. The van der Waals surface area contributed by atoms with Crippen molar-refractivity contribution in [3.05, 3.63) is 41.2 Å². The Kier molecular flexibility index (Phi) is 3.29. The molecule has 0 bridgehead atoms. The summed E-state index contributed by atoms with van der Waals surface area (Å²) in [7, 11) is 3.93. The maximum absolute atomic E-state index is 4.41. The third-order valence-electron chi connectivity index (χ3n) is 2.94. The first-order valence-electron chi connectivity index (χ1n) is 5.86.